The summed E-state index contributed by atoms with van der Waals surface area (Å²) in [5, 5.41) is 2.87. The Labute approximate surface area is 188 Å². The van der Waals surface area contributed by atoms with Gasteiger partial charge in [0.15, 0.2) is 0 Å². The molecule has 0 spiro atoms. The van der Waals surface area contributed by atoms with E-state index >= 15 is 0 Å². The Morgan fingerprint density at radius 3 is 2.53 bits per heavy atom. The standard InChI is InChI=1S/C26H27N3O3/c1-19-6-3-7-20(16-19)18-28-14-5-15-29(26(28)31)23-12-10-21(11-13-23)25(30)27-22-8-4-9-24(17-22)32-2/h3-4,6-13,16-17H,5,14-15,18H2,1-2H3,(H,27,30). The highest BCUT2D eigenvalue weighted by molar-refractivity contribution is 6.04. The lowest BCUT2D eigenvalue weighted by atomic mass is 10.1. The summed E-state index contributed by atoms with van der Waals surface area (Å²) in [6, 6.07) is 22.6. The van der Waals surface area contributed by atoms with Crippen LogP contribution in [0, 0.1) is 6.92 Å². The van der Waals surface area contributed by atoms with Gasteiger partial charge in [-0.15, -0.1) is 0 Å². The third-order valence-electron chi connectivity index (χ3n) is 5.54. The van der Waals surface area contributed by atoms with E-state index in [2.05, 4.69) is 30.4 Å². The van der Waals surface area contributed by atoms with Gasteiger partial charge in [0, 0.05) is 42.6 Å². The zero-order valence-electron chi connectivity index (χ0n) is 18.4. The molecular formula is C26H27N3O3. The van der Waals surface area contributed by atoms with Crippen molar-refractivity contribution in [3.63, 3.8) is 0 Å². The number of amides is 3. The monoisotopic (exact) mass is 429 g/mol. The van der Waals surface area contributed by atoms with Crippen molar-refractivity contribution in [2.24, 2.45) is 0 Å². The summed E-state index contributed by atoms with van der Waals surface area (Å²) in [6.45, 7) is 4.06. The molecule has 1 aliphatic rings. The quantitative estimate of drug-likeness (QED) is 0.594. The SMILES string of the molecule is COc1cccc(NC(=O)c2ccc(N3CCCN(Cc4cccc(C)c4)C3=O)cc2)c1. The van der Waals surface area contributed by atoms with E-state index in [1.807, 2.05) is 41.3 Å². The van der Waals surface area contributed by atoms with Crippen LogP contribution in [0.2, 0.25) is 0 Å². The Kier molecular flexibility index (Phi) is 6.40. The Morgan fingerprint density at radius 2 is 1.78 bits per heavy atom. The van der Waals surface area contributed by atoms with Gasteiger partial charge in [-0.3, -0.25) is 9.69 Å². The van der Waals surface area contributed by atoms with Crippen LogP contribution in [-0.4, -0.2) is 37.0 Å². The first kappa shape index (κ1) is 21.4. The van der Waals surface area contributed by atoms with Crippen molar-refractivity contribution >= 4 is 23.3 Å². The molecule has 1 saturated heterocycles. The second-order valence-corrected chi connectivity index (χ2v) is 7.93. The van der Waals surface area contributed by atoms with Gasteiger partial charge < -0.3 is 15.0 Å². The highest BCUT2D eigenvalue weighted by Crippen LogP contribution is 2.23. The first-order valence-electron chi connectivity index (χ1n) is 10.7. The summed E-state index contributed by atoms with van der Waals surface area (Å²) in [5.41, 5.74) is 4.30. The van der Waals surface area contributed by atoms with E-state index in [1.165, 1.54) is 5.56 Å². The van der Waals surface area contributed by atoms with Crippen LogP contribution in [0.4, 0.5) is 16.2 Å². The van der Waals surface area contributed by atoms with Gasteiger partial charge in [-0.2, -0.15) is 0 Å². The second kappa shape index (κ2) is 9.56. The van der Waals surface area contributed by atoms with Gasteiger partial charge in [-0.05, 0) is 55.3 Å². The lowest BCUT2D eigenvalue weighted by Gasteiger charge is -2.35. The van der Waals surface area contributed by atoms with Gasteiger partial charge in [-0.1, -0.05) is 35.9 Å². The summed E-state index contributed by atoms with van der Waals surface area (Å²) < 4.78 is 5.19. The number of ether oxygens (including phenoxy) is 1. The summed E-state index contributed by atoms with van der Waals surface area (Å²) >= 11 is 0. The Bertz CT molecular complexity index is 1110. The molecule has 0 bridgehead atoms. The van der Waals surface area contributed by atoms with Crippen molar-refractivity contribution in [3.8, 4) is 5.75 Å². The van der Waals surface area contributed by atoms with Crippen LogP contribution >= 0.6 is 0 Å². The zero-order valence-corrected chi connectivity index (χ0v) is 18.4. The number of carbonyl (C=O) groups excluding carboxylic acids is 2. The molecule has 0 saturated carbocycles. The topological polar surface area (TPSA) is 61.9 Å². The number of hydrogen-bond acceptors (Lipinski definition) is 3. The highest BCUT2D eigenvalue weighted by Gasteiger charge is 2.27. The molecule has 0 aromatic heterocycles. The van der Waals surface area contributed by atoms with Crippen LogP contribution in [0.25, 0.3) is 0 Å². The Morgan fingerprint density at radius 1 is 1.00 bits per heavy atom. The number of rotatable bonds is 6. The van der Waals surface area contributed by atoms with Crippen LogP contribution in [0.3, 0.4) is 0 Å². The summed E-state index contributed by atoms with van der Waals surface area (Å²) in [7, 11) is 1.59. The predicted octanol–water partition coefficient (Wildman–Crippen LogP) is 5.09. The fourth-order valence-electron chi connectivity index (χ4n) is 3.90. The molecule has 6 nitrogen and oxygen atoms in total. The number of methoxy groups -OCH3 is 1. The number of carbonyl (C=O) groups is 2. The van der Waals surface area contributed by atoms with Crippen LogP contribution in [0.1, 0.15) is 27.9 Å². The number of benzene rings is 3. The maximum absolute atomic E-state index is 13.1. The van der Waals surface area contributed by atoms with E-state index in [9.17, 15) is 9.59 Å². The molecule has 1 N–H and O–H groups in total. The molecule has 3 aromatic rings. The fraction of sp³-hybridized carbons (Fsp3) is 0.231. The lowest BCUT2D eigenvalue weighted by Crippen LogP contribution is -2.49. The largest absolute Gasteiger partial charge is 0.497 e. The van der Waals surface area contributed by atoms with E-state index in [0.29, 0.717) is 30.1 Å². The first-order valence-corrected chi connectivity index (χ1v) is 10.7. The average Bonchev–Trinajstić information content (AvgIpc) is 2.81. The third-order valence-corrected chi connectivity index (χ3v) is 5.54. The summed E-state index contributed by atoms with van der Waals surface area (Å²) in [5.74, 6) is 0.466. The van der Waals surface area contributed by atoms with Gasteiger partial charge in [0.1, 0.15) is 5.75 Å². The molecule has 0 unspecified atom stereocenters. The van der Waals surface area contributed by atoms with Crippen molar-refractivity contribution in [2.45, 2.75) is 19.9 Å². The van der Waals surface area contributed by atoms with E-state index in [0.717, 1.165) is 24.2 Å². The minimum absolute atomic E-state index is 0.00802. The zero-order chi connectivity index (χ0) is 22.5. The first-order chi connectivity index (χ1) is 15.5. The molecule has 3 amide bonds. The van der Waals surface area contributed by atoms with Gasteiger partial charge in [0.25, 0.3) is 5.91 Å². The lowest BCUT2D eigenvalue weighted by molar-refractivity contribution is 0.102. The van der Waals surface area contributed by atoms with Crippen molar-refractivity contribution in [2.75, 3.05) is 30.4 Å². The van der Waals surface area contributed by atoms with Crippen molar-refractivity contribution in [1.82, 2.24) is 4.90 Å². The predicted molar refractivity (Wildman–Crippen MR) is 126 cm³/mol. The van der Waals surface area contributed by atoms with Crippen LogP contribution in [0.5, 0.6) is 5.75 Å². The molecule has 6 heteroatoms. The number of urea groups is 1. The van der Waals surface area contributed by atoms with E-state index < -0.39 is 0 Å². The Balaban J connectivity index is 1.43. The molecule has 3 aromatic carbocycles. The second-order valence-electron chi connectivity index (χ2n) is 7.93. The van der Waals surface area contributed by atoms with Gasteiger partial charge in [0.2, 0.25) is 0 Å². The van der Waals surface area contributed by atoms with E-state index in [1.54, 1.807) is 30.2 Å². The average molecular weight is 430 g/mol. The fourth-order valence-corrected chi connectivity index (χ4v) is 3.90. The molecule has 32 heavy (non-hydrogen) atoms. The highest BCUT2D eigenvalue weighted by atomic mass is 16.5. The summed E-state index contributed by atoms with van der Waals surface area (Å²) in [6.07, 6.45) is 0.898. The number of aryl methyl sites for hydroxylation is 1. The van der Waals surface area contributed by atoms with Gasteiger partial charge in [0.05, 0.1) is 7.11 Å². The van der Waals surface area contributed by atoms with Crippen LogP contribution in [-0.2, 0) is 6.54 Å². The summed E-state index contributed by atoms with van der Waals surface area (Å²) in [4.78, 5) is 29.4. The van der Waals surface area contributed by atoms with Crippen molar-refractivity contribution < 1.29 is 14.3 Å². The number of hydrogen-bond donors (Lipinski definition) is 1. The van der Waals surface area contributed by atoms with Crippen molar-refractivity contribution in [3.05, 3.63) is 89.5 Å². The molecule has 164 valence electrons. The van der Waals surface area contributed by atoms with Crippen LogP contribution in [0.15, 0.2) is 72.8 Å². The van der Waals surface area contributed by atoms with Gasteiger partial charge in [-0.25, -0.2) is 4.79 Å². The molecule has 1 heterocycles. The minimum atomic E-state index is -0.212. The number of nitrogens with zero attached hydrogens (tertiary/aromatic N) is 2. The third kappa shape index (κ3) is 4.91. The number of anilines is 2. The normalized spacial score (nSPS) is 13.8. The molecule has 0 radical (unpaired) electrons. The molecule has 0 aliphatic carbocycles. The van der Waals surface area contributed by atoms with Gasteiger partial charge >= 0.3 is 6.03 Å². The molecule has 4 rings (SSSR count). The van der Waals surface area contributed by atoms with E-state index in [-0.39, 0.29) is 11.9 Å². The minimum Gasteiger partial charge on any atom is -0.497 e. The maximum atomic E-state index is 13.1. The van der Waals surface area contributed by atoms with E-state index in [4.69, 9.17) is 4.74 Å². The molecule has 1 aliphatic heterocycles. The van der Waals surface area contributed by atoms with Crippen LogP contribution < -0.4 is 15.0 Å². The van der Waals surface area contributed by atoms with Crippen molar-refractivity contribution in [1.29, 1.82) is 0 Å². The smallest absolute Gasteiger partial charge is 0.324 e. The molecular weight excluding hydrogens is 402 g/mol. The Hall–Kier alpha value is -3.80. The molecule has 1 fully saturated rings. The maximum Gasteiger partial charge on any atom is 0.324 e. The number of nitrogens with one attached hydrogen (secondary N) is 1. The molecule has 0 atom stereocenters.